The maximum atomic E-state index is 12.0. The van der Waals surface area contributed by atoms with Gasteiger partial charge in [0.05, 0.1) is 13.2 Å². The van der Waals surface area contributed by atoms with Crippen molar-refractivity contribution in [2.45, 2.75) is 26.0 Å². The molecule has 0 radical (unpaired) electrons. The molecule has 7 heteroatoms. The lowest BCUT2D eigenvalue weighted by molar-refractivity contribution is 0.173. The molecule has 0 spiro atoms. The summed E-state index contributed by atoms with van der Waals surface area (Å²) in [6.45, 7) is 2.04. The quantitative estimate of drug-likeness (QED) is 0.742. The number of hydrogen-bond donors (Lipinski definition) is 2. The van der Waals surface area contributed by atoms with Crippen LogP contribution in [0, 0.1) is 0 Å². The fourth-order valence-corrected chi connectivity index (χ4v) is 2.51. The lowest BCUT2D eigenvalue weighted by atomic mass is 10.2. The normalized spacial score (nSPS) is 13.4. The molecule has 0 heterocycles. The van der Waals surface area contributed by atoms with Gasteiger partial charge >= 0.3 is 0 Å². The molecule has 6 nitrogen and oxygen atoms in total. The molecular formula is C13H22N2O4S. The minimum atomic E-state index is -3.60. The van der Waals surface area contributed by atoms with Gasteiger partial charge in [-0.15, -0.1) is 0 Å². The number of nitrogens with zero attached hydrogens (tertiary/aromatic N) is 1. The van der Waals surface area contributed by atoms with Crippen molar-refractivity contribution in [2.24, 2.45) is 0 Å². The Morgan fingerprint density at radius 2 is 2.15 bits per heavy atom. The molecule has 0 saturated heterocycles. The van der Waals surface area contributed by atoms with Gasteiger partial charge in [0.1, 0.15) is 5.75 Å². The summed E-state index contributed by atoms with van der Waals surface area (Å²) in [5, 5.41) is 9.40. The Morgan fingerprint density at radius 1 is 1.45 bits per heavy atom. The van der Waals surface area contributed by atoms with Gasteiger partial charge in [0, 0.05) is 20.1 Å². The molecule has 0 aliphatic rings. The highest BCUT2D eigenvalue weighted by atomic mass is 32.2. The molecule has 0 bridgehead atoms. The Kier molecular flexibility index (Phi) is 6.41. The zero-order valence-corrected chi connectivity index (χ0v) is 12.9. The van der Waals surface area contributed by atoms with Crippen LogP contribution in [0.5, 0.6) is 5.75 Å². The van der Waals surface area contributed by atoms with E-state index in [0.29, 0.717) is 12.2 Å². The molecule has 0 aliphatic heterocycles. The van der Waals surface area contributed by atoms with E-state index in [1.807, 2.05) is 12.1 Å². The molecule has 0 saturated carbocycles. The van der Waals surface area contributed by atoms with Crippen molar-refractivity contribution < 1.29 is 18.3 Å². The van der Waals surface area contributed by atoms with Gasteiger partial charge in [0.25, 0.3) is 10.2 Å². The number of nitrogens with one attached hydrogen (secondary N) is 1. The first-order chi connectivity index (χ1) is 9.39. The Balaban J connectivity index is 2.66. The predicted octanol–water partition coefficient (Wildman–Crippen LogP) is 0.732. The van der Waals surface area contributed by atoms with Crippen molar-refractivity contribution in [1.82, 2.24) is 9.03 Å². The highest BCUT2D eigenvalue weighted by Crippen LogP contribution is 2.14. The smallest absolute Gasteiger partial charge is 0.279 e. The largest absolute Gasteiger partial charge is 0.497 e. The van der Waals surface area contributed by atoms with Gasteiger partial charge in [-0.25, -0.2) is 0 Å². The molecule has 0 amide bonds. The molecule has 0 fully saturated rings. The third-order valence-electron chi connectivity index (χ3n) is 2.92. The zero-order valence-electron chi connectivity index (χ0n) is 12.0. The molecule has 1 aromatic rings. The second kappa shape index (κ2) is 7.58. The van der Waals surface area contributed by atoms with Gasteiger partial charge in [0.2, 0.25) is 0 Å². The van der Waals surface area contributed by atoms with Crippen LogP contribution < -0.4 is 9.46 Å². The van der Waals surface area contributed by atoms with Gasteiger partial charge in [-0.1, -0.05) is 19.1 Å². The molecule has 0 aliphatic carbocycles. The highest BCUT2D eigenvalue weighted by Gasteiger charge is 2.18. The summed E-state index contributed by atoms with van der Waals surface area (Å²) in [5.74, 6) is 0.683. The number of rotatable bonds is 8. The second-order valence-electron chi connectivity index (χ2n) is 4.52. The molecule has 1 aromatic carbocycles. The van der Waals surface area contributed by atoms with Crippen molar-refractivity contribution in [3.05, 3.63) is 29.8 Å². The van der Waals surface area contributed by atoms with Gasteiger partial charge < -0.3 is 9.84 Å². The fraction of sp³-hybridized carbons (Fsp3) is 0.538. The predicted molar refractivity (Wildman–Crippen MR) is 77.7 cm³/mol. The molecule has 20 heavy (non-hydrogen) atoms. The minimum Gasteiger partial charge on any atom is -0.497 e. The van der Waals surface area contributed by atoms with Crippen LogP contribution in [0.2, 0.25) is 0 Å². The highest BCUT2D eigenvalue weighted by molar-refractivity contribution is 7.87. The number of benzene rings is 1. The summed E-state index contributed by atoms with van der Waals surface area (Å²) in [4.78, 5) is 0. The first-order valence-electron chi connectivity index (χ1n) is 6.41. The van der Waals surface area contributed by atoms with E-state index in [-0.39, 0.29) is 13.1 Å². The first kappa shape index (κ1) is 16.9. The van der Waals surface area contributed by atoms with E-state index in [4.69, 9.17) is 4.74 Å². The van der Waals surface area contributed by atoms with E-state index in [1.165, 1.54) is 11.4 Å². The lowest BCUT2D eigenvalue weighted by Gasteiger charge is -2.19. The van der Waals surface area contributed by atoms with E-state index < -0.39 is 16.3 Å². The Bertz CT molecular complexity index is 519. The summed E-state index contributed by atoms with van der Waals surface area (Å²) in [7, 11) is -0.552. The summed E-state index contributed by atoms with van der Waals surface area (Å²) >= 11 is 0. The van der Waals surface area contributed by atoms with E-state index in [2.05, 4.69) is 4.72 Å². The maximum Gasteiger partial charge on any atom is 0.279 e. The van der Waals surface area contributed by atoms with E-state index in [1.54, 1.807) is 26.2 Å². The topological polar surface area (TPSA) is 78.9 Å². The third-order valence-corrected chi connectivity index (χ3v) is 4.40. The first-order valence-corrected chi connectivity index (χ1v) is 7.85. The van der Waals surface area contributed by atoms with Crippen LogP contribution in [-0.2, 0) is 16.8 Å². The van der Waals surface area contributed by atoms with Crippen LogP contribution in [0.15, 0.2) is 24.3 Å². The van der Waals surface area contributed by atoms with Crippen molar-refractivity contribution in [3.63, 3.8) is 0 Å². The van der Waals surface area contributed by atoms with Crippen molar-refractivity contribution in [1.29, 1.82) is 0 Å². The molecule has 114 valence electrons. The van der Waals surface area contributed by atoms with Crippen molar-refractivity contribution >= 4 is 10.2 Å². The van der Waals surface area contributed by atoms with Gasteiger partial charge in [-0.2, -0.15) is 17.4 Å². The van der Waals surface area contributed by atoms with Gasteiger partial charge in [-0.05, 0) is 24.1 Å². The summed E-state index contributed by atoms with van der Waals surface area (Å²) in [6, 6.07) is 7.22. The maximum absolute atomic E-state index is 12.0. The number of aliphatic hydroxyl groups excluding tert-OH is 1. The Morgan fingerprint density at radius 3 is 2.75 bits per heavy atom. The molecule has 1 rings (SSSR count). The monoisotopic (exact) mass is 302 g/mol. The third kappa shape index (κ3) is 5.09. The average molecular weight is 302 g/mol. The van der Waals surface area contributed by atoms with Gasteiger partial charge in [0.15, 0.2) is 0 Å². The molecule has 1 atom stereocenters. The second-order valence-corrected chi connectivity index (χ2v) is 6.39. The van der Waals surface area contributed by atoms with Crippen LogP contribution in [-0.4, -0.2) is 44.6 Å². The van der Waals surface area contributed by atoms with E-state index >= 15 is 0 Å². The van der Waals surface area contributed by atoms with Gasteiger partial charge in [-0.3, -0.25) is 0 Å². The van der Waals surface area contributed by atoms with Crippen LogP contribution in [0.1, 0.15) is 18.9 Å². The van der Waals surface area contributed by atoms with Crippen molar-refractivity contribution in [2.75, 3.05) is 20.7 Å². The van der Waals surface area contributed by atoms with Crippen molar-refractivity contribution in [3.8, 4) is 5.75 Å². The summed E-state index contributed by atoms with van der Waals surface area (Å²) in [6.07, 6.45) is -0.169. The van der Waals surface area contributed by atoms with E-state index in [0.717, 1.165) is 5.56 Å². The van der Waals surface area contributed by atoms with E-state index in [9.17, 15) is 13.5 Å². The van der Waals surface area contributed by atoms with Crippen LogP contribution in [0.3, 0.4) is 0 Å². The average Bonchev–Trinajstić information content (AvgIpc) is 2.44. The molecule has 2 N–H and O–H groups in total. The lowest BCUT2D eigenvalue weighted by Crippen LogP contribution is -2.41. The molecule has 0 aromatic heterocycles. The summed E-state index contributed by atoms with van der Waals surface area (Å²) < 4.78 is 32.6. The van der Waals surface area contributed by atoms with Crippen LogP contribution >= 0.6 is 0 Å². The number of methoxy groups -OCH3 is 1. The SMILES string of the molecule is CCC(O)CNS(=O)(=O)N(C)Cc1cccc(OC)c1. The standard InChI is InChI=1S/C13H22N2O4S/c1-4-12(16)9-14-20(17,18)15(2)10-11-6-5-7-13(8-11)19-3/h5-8,12,14,16H,4,9-10H2,1-3H3. The Hall–Kier alpha value is -1.15. The van der Waals surface area contributed by atoms with Crippen LogP contribution in [0.25, 0.3) is 0 Å². The zero-order chi connectivity index (χ0) is 15.2. The molecular weight excluding hydrogens is 280 g/mol. The number of hydrogen-bond acceptors (Lipinski definition) is 4. The number of ether oxygens (including phenoxy) is 1. The summed E-state index contributed by atoms with van der Waals surface area (Å²) in [5.41, 5.74) is 0.827. The number of aliphatic hydroxyl groups is 1. The minimum absolute atomic E-state index is 0.0152. The molecule has 1 unspecified atom stereocenters. The van der Waals surface area contributed by atoms with Crippen LogP contribution in [0.4, 0.5) is 0 Å². The fourth-order valence-electron chi connectivity index (χ4n) is 1.57. The Labute approximate surface area is 120 Å².